The summed E-state index contributed by atoms with van der Waals surface area (Å²) >= 11 is 0. The van der Waals surface area contributed by atoms with Crippen LogP contribution in [0.25, 0.3) is 0 Å². The number of aliphatic hydroxyl groups is 1. The second-order valence-corrected chi connectivity index (χ2v) is 11.8. The zero-order valence-corrected chi connectivity index (χ0v) is 19.5. The van der Waals surface area contributed by atoms with E-state index in [4.69, 9.17) is 0 Å². The zero-order valence-electron chi connectivity index (χ0n) is 19.5. The molecule has 0 bridgehead atoms. The molecule has 0 aliphatic heterocycles. The number of aromatic nitrogens is 1. The zero-order chi connectivity index (χ0) is 21.8. The van der Waals surface area contributed by atoms with Gasteiger partial charge in [-0.25, -0.2) is 0 Å². The second-order valence-electron chi connectivity index (χ2n) is 11.8. The van der Waals surface area contributed by atoms with Crippen LogP contribution in [0.5, 0.6) is 0 Å². The molecule has 4 saturated carbocycles. The third-order valence-corrected chi connectivity index (χ3v) is 10.6. The van der Waals surface area contributed by atoms with Gasteiger partial charge in [0.15, 0.2) is 0 Å². The minimum Gasteiger partial charge on any atom is -0.393 e. The van der Waals surface area contributed by atoms with E-state index in [0.29, 0.717) is 28.4 Å². The van der Waals surface area contributed by atoms with Crippen LogP contribution in [-0.4, -0.2) is 28.1 Å². The van der Waals surface area contributed by atoms with E-state index in [9.17, 15) is 9.90 Å². The maximum absolute atomic E-state index is 12.7. The molecular weight excluding hydrogens is 384 g/mol. The van der Waals surface area contributed by atoms with Crippen LogP contribution in [0.4, 0.5) is 0 Å². The summed E-state index contributed by atoms with van der Waals surface area (Å²) in [4.78, 5) is 16.7. The Bertz CT molecular complexity index is 811. The molecule has 2 N–H and O–H groups in total. The minimum absolute atomic E-state index is 0.0268. The number of hydrogen-bond acceptors (Lipinski definition) is 3. The van der Waals surface area contributed by atoms with Crippen molar-refractivity contribution in [3.63, 3.8) is 0 Å². The molecule has 0 aromatic carbocycles. The number of nitrogens with zero attached hydrogens (tertiary/aromatic N) is 1. The number of hydrogen-bond donors (Lipinski definition) is 2. The van der Waals surface area contributed by atoms with Gasteiger partial charge < -0.3 is 10.4 Å². The van der Waals surface area contributed by atoms with Crippen molar-refractivity contribution in [3.05, 3.63) is 30.1 Å². The van der Waals surface area contributed by atoms with E-state index in [1.165, 1.54) is 44.9 Å². The topological polar surface area (TPSA) is 62.2 Å². The first kappa shape index (κ1) is 21.4. The fourth-order valence-corrected chi connectivity index (χ4v) is 8.99. The van der Waals surface area contributed by atoms with Gasteiger partial charge in [0, 0.05) is 18.4 Å². The molecule has 4 fully saturated rings. The molecule has 5 rings (SSSR count). The summed E-state index contributed by atoms with van der Waals surface area (Å²) in [5, 5.41) is 13.7. The van der Waals surface area contributed by atoms with Crippen LogP contribution < -0.4 is 5.32 Å². The number of carbonyl (C=O) groups is 1. The SMILES string of the molecule is C[C@H](O)[C@H]1CCC2C3CC[C@H]4C[C@H](NC(=O)c5cccnc5)CC[C@]4(C)C3CC[C@@]21C. The van der Waals surface area contributed by atoms with Gasteiger partial charge in [0.1, 0.15) is 0 Å². The van der Waals surface area contributed by atoms with Crippen LogP contribution in [0, 0.1) is 40.4 Å². The van der Waals surface area contributed by atoms with Gasteiger partial charge in [0.25, 0.3) is 5.91 Å². The van der Waals surface area contributed by atoms with Crippen LogP contribution in [0.15, 0.2) is 24.5 Å². The fourth-order valence-electron chi connectivity index (χ4n) is 8.99. The average Bonchev–Trinajstić information content (AvgIpc) is 3.12. The number of rotatable bonds is 3. The summed E-state index contributed by atoms with van der Waals surface area (Å²) in [6.07, 6.45) is 14.5. The van der Waals surface area contributed by atoms with Crippen LogP contribution >= 0.6 is 0 Å². The Morgan fingerprint density at radius 1 is 1.10 bits per heavy atom. The number of carbonyl (C=O) groups excluding carboxylic acids is 1. The molecule has 1 heterocycles. The predicted molar refractivity (Wildman–Crippen MR) is 122 cm³/mol. The van der Waals surface area contributed by atoms with Crippen molar-refractivity contribution in [2.75, 3.05) is 0 Å². The number of nitrogens with one attached hydrogen (secondary N) is 1. The van der Waals surface area contributed by atoms with Gasteiger partial charge in [-0.05, 0) is 117 Å². The van der Waals surface area contributed by atoms with Gasteiger partial charge in [-0.2, -0.15) is 0 Å². The number of pyridine rings is 1. The van der Waals surface area contributed by atoms with Crippen molar-refractivity contribution < 1.29 is 9.90 Å². The van der Waals surface area contributed by atoms with E-state index in [1.807, 2.05) is 19.1 Å². The van der Waals surface area contributed by atoms with E-state index in [1.54, 1.807) is 12.4 Å². The molecule has 0 spiro atoms. The maximum Gasteiger partial charge on any atom is 0.253 e. The smallest absolute Gasteiger partial charge is 0.253 e. The first-order valence-corrected chi connectivity index (χ1v) is 12.7. The third-order valence-electron chi connectivity index (χ3n) is 10.6. The summed E-state index contributed by atoms with van der Waals surface area (Å²) in [6.45, 7) is 7.10. The van der Waals surface area contributed by atoms with Gasteiger partial charge in [-0.15, -0.1) is 0 Å². The molecule has 4 nitrogen and oxygen atoms in total. The molecule has 4 heteroatoms. The summed E-state index contributed by atoms with van der Waals surface area (Å²) in [6, 6.07) is 3.97. The summed E-state index contributed by atoms with van der Waals surface area (Å²) in [5.41, 5.74) is 1.43. The van der Waals surface area contributed by atoms with Crippen molar-refractivity contribution >= 4 is 5.91 Å². The lowest BCUT2D eigenvalue weighted by Crippen LogP contribution is -2.55. The van der Waals surface area contributed by atoms with E-state index < -0.39 is 0 Å². The standard InChI is InChI=1S/C27H40N2O2/c1-17(30)22-8-9-23-21-7-6-19-15-20(29-25(31)18-5-4-14-28-16-18)10-12-26(19,2)24(21)11-13-27(22,23)3/h4-5,14,16-17,19-24,30H,6-13,15H2,1-3H3,(H,29,31)/t17-,19-,20+,21?,22+,23?,24?,26-,27+/m0/s1. The summed E-state index contributed by atoms with van der Waals surface area (Å²) < 4.78 is 0. The lowest BCUT2D eigenvalue weighted by molar-refractivity contribution is -0.121. The molecule has 1 aromatic heterocycles. The quantitative estimate of drug-likeness (QED) is 0.699. The van der Waals surface area contributed by atoms with Crippen molar-refractivity contribution in [2.24, 2.45) is 40.4 Å². The van der Waals surface area contributed by atoms with Crippen LogP contribution in [0.3, 0.4) is 0 Å². The van der Waals surface area contributed by atoms with E-state index in [2.05, 4.69) is 24.1 Å². The minimum atomic E-state index is -0.169. The van der Waals surface area contributed by atoms with Gasteiger partial charge >= 0.3 is 0 Å². The number of amides is 1. The average molecular weight is 425 g/mol. The van der Waals surface area contributed by atoms with Crippen LogP contribution in [0.1, 0.15) is 88.9 Å². The number of aliphatic hydroxyl groups excluding tert-OH is 1. The lowest BCUT2D eigenvalue weighted by Gasteiger charge is -2.61. The molecule has 0 saturated heterocycles. The van der Waals surface area contributed by atoms with E-state index in [0.717, 1.165) is 36.5 Å². The molecule has 1 aromatic rings. The Morgan fingerprint density at radius 3 is 2.61 bits per heavy atom. The Labute approximate surface area is 187 Å². The van der Waals surface area contributed by atoms with Crippen LogP contribution in [0.2, 0.25) is 0 Å². The first-order valence-electron chi connectivity index (χ1n) is 12.7. The Hall–Kier alpha value is -1.42. The highest BCUT2D eigenvalue weighted by Crippen LogP contribution is 2.67. The van der Waals surface area contributed by atoms with E-state index in [-0.39, 0.29) is 12.0 Å². The van der Waals surface area contributed by atoms with Gasteiger partial charge in [-0.1, -0.05) is 13.8 Å². The van der Waals surface area contributed by atoms with Crippen molar-refractivity contribution in [1.82, 2.24) is 10.3 Å². The molecule has 31 heavy (non-hydrogen) atoms. The maximum atomic E-state index is 12.7. The Balaban J connectivity index is 1.28. The first-order chi connectivity index (χ1) is 14.8. The third kappa shape index (κ3) is 3.44. The molecular formula is C27H40N2O2. The molecule has 0 radical (unpaired) electrons. The molecule has 3 unspecified atom stereocenters. The summed E-state index contributed by atoms with van der Waals surface area (Å²) in [5.74, 6) is 3.70. The monoisotopic (exact) mass is 424 g/mol. The highest BCUT2D eigenvalue weighted by Gasteiger charge is 2.60. The molecule has 9 atom stereocenters. The molecule has 170 valence electrons. The molecule has 4 aliphatic carbocycles. The fraction of sp³-hybridized carbons (Fsp3) is 0.778. The largest absolute Gasteiger partial charge is 0.393 e. The second kappa shape index (κ2) is 7.86. The van der Waals surface area contributed by atoms with Crippen molar-refractivity contribution in [2.45, 2.75) is 90.7 Å². The lowest BCUT2D eigenvalue weighted by atomic mass is 9.44. The Kier molecular flexibility index (Phi) is 5.44. The van der Waals surface area contributed by atoms with Gasteiger partial charge in [-0.3, -0.25) is 9.78 Å². The normalized spacial score (nSPS) is 45.2. The van der Waals surface area contributed by atoms with Gasteiger partial charge in [0.05, 0.1) is 11.7 Å². The van der Waals surface area contributed by atoms with Crippen molar-refractivity contribution in [1.29, 1.82) is 0 Å². The summed E-state index contributed by atoms with van der Waals surface area (Å²) in [7, 11) is 0. The predicted octanol–water partition coefficient (Wildman–Crippen LogP) is 5.22. The Morgan fingerprint density at radius 2 is 1.87 bits per heavy atom. The molecule has 4 aliphatic rings. The number of fused-ring (bicyclic) bond motifs is 5. The van der Waals surface area contributed by atoms with Crippen LogP contribution in [-0.2, 0) is 0 Å². The van der Waals surface area contributed by atoms with Gasteiger partial charge in [0.2, 0.25) is 0 Å². The molecule has 1 amide bonds. The van der Waals surface area contributed by atoms with Crippen molar-refractivity contribution in [3.8, 4) is 0 Å². The highest BCUT2D eigenvalue weighted by molar-refractivity contribution is 5.94. The highest BCUT2D eigenvalue weighted by atomic mass is 16.3. The van der Waals surface area contributed by atoms with E-state index >= 15 is 0 Å².